The average Bonchev–Trinajstić information content (AvgIpc) is 3.30. The highest BCUT2D eigenvalue weighted by Crippen LogP contribution is 2.59. The molecule has 5 nitrogen and oxygen atoms in total. The number of aromatic nitrogens is 1. The Morgan fingerprint density at radius 1 is 1.18 bits per heavy atom. The van der Waals surface area contributed by atoms with E-state index in [0.717, 1.165) is 66.7 Å². The minimum Gasteiger partial charge on any atom is -0.361 e. The molecule has 28 heavy (non-hydrogen) atoms. The molecule has 0 bridgehead atoms. The van der Waals surface area contributed by atoms with Gasteiger partial charge in [-0.05, 0) is 55.1 Å². The van der Waals surface area contributed by atoms with E-state index in [0.29, 0.717) is 6.54 Å². The smallest absolute Gasteiger partial charge is 0.191 e. The molecule has 0 spiro atoms. The second-order valence-corrected chi connectivity index (χ2v) is 7.91. The quantitative estimate of drug-likeness (QED) is 0.566. The zero-order valence-electron chi connectivity index (χ0n) is 17.3. The van der Waals surface area contributed by atoms with Gasteiger partial charge in [-0.15, -0.1) is 0 Å². The maximum Gasteiger partial charge on any atom is 0.191 e. The van der Waals surface area contributed by atoms with E-state index < -0.39 is 0 Å². The second kappa shape index (κ2) is 8.38. The SMILES string of the molecule is CCNC(=NCc1c(CC)noc1CC)NCC1C2CCc3ccccc3C21. The highest BCUT2D eigenvalue weighted by molar-refractivity contribution is 5.79. The highest BCUT2D eigenvalue weighted by Gasteiger charge is 2.52. The summed E-state index contributed by atoms with van der Waals surface area (Å²) in [5.41, 5.74) is 5.31. The van der Waals surface area contributed by atoms with Gasteiger partial charge in [0.1, 0.15) is 5.76 Å². The predicted molar refractivity (Wildman–Crippen MR) is 113 cm³/mol. The van der Waals surface area contributed by atoms with Gasteiger partial charge in [0.05, 0.1) is 12.2 Å². The summed E-state index contributed by atoms with van der Waals surface area (Å²) in [6.07, 6.45) is 4.28. The van der Waals surface area contributed by atoms with Gasteiger partial charge in [0.2, 0.25) is 0 Å². The summed E-state index contributed by atoms with van der Waals surface area (Å²) in [5.74, 6) is 4.14. The van der Waals surface area contributed by atoms with E-state index in [9.17, 15) is 0 Å². The van der Waals surface area contributed by atoms with Gasteiger partial charge in [-0.3, -0.25) is 0 Å². The molecule has 2 N–H and O–H groups in total. The number of hydrogen-bond donors (Lipinski definition) is 2. The monoisotopic (exact) mass is 380 g/mol. The first-order chi connectivity index (χ1) is 13.8. The summed E-state index contributed by atoms with van der Waals surface area (Å²) in [5, 5.41) is 11.2. The Labute approximate surface area is 168 Å². The van der Waals surface area contributed by atoms with E-state index in [4.69, 9.17) is 9.52 Å². The highest BCUT2D eigenvalue weighted by atomic mass is 16.5. The molecule has 0 saturated heterocycles. The zero-order valence-corrected chi connectivity index (χ0v) is 17.3. The van der Waals surface area contributed by atoms with Crippen molar-refractivity contribution in [2.45, 2.75) is 58.9 Å². The Balaban J connectivity index is 1.40. The van der Waals surface area contributed by atoms with Crippen LogP contribution in [0.25, 0.3) is 0 Å². The normalized spacial score (nSPS) is 23.1. The minimum absolute atomic E-state index is 0.617. The van der Waals surface area contributed by atoms with Gasteiger partial charge in [-0.2, -0.15) is 0 Å². The third-order valence-electron chi connectivity index (χ3n) is 6.34. The minimum atomic E-state index is 0.617. The van der Waals surface area contributed by atoms with Gasteiger partial charge in [-0.25, -0.2) is 4.99 Å². The van der Waals surface area contributed by atoms with E-state index >= 15 is 0 Å². The van der Waals surface area contributed by atoms with E-state index in [1.165, 1.54) is 12.8 Å². The fourth-order valence-electron chi connectivity index (χ4n) is 4.82. The van der Waals surface area contributed by atoms with Crippen LogP contribution in [0.4, 0.5) is 0 Å². The number of nitrogens with one attached hydrogen (secondary N) is 2. The lowest BCUT2D eigenvalue weighted by Crippen LogP contribution is -2.38. The van der Waals surface area contributed by atoms with Crippen molar-refractivity contribution in [3.8, 4) is 0 Å². The number of nitrogens with zero attached hydrogens (tertiary/aromatic N) is 2. The van der Waals surface area contributed by atoms with Crippen molar-refractivity contribution in [1.29, 1.82) is 0 Å². The Morgan fingerprint density at radius 3 is 2.82 bits per heavy atom. The molecule has 2 aliphatic rings. The van der Waals surface area contributed by atoms with Crippen LogP contribution in [0.5, 0.6) is 0 Å². The van der Waals surface area contributed by atoms with Crippen LogP contribution < -0.4 is 10.6 Å². The van der Waals surface area contributed by atoms with Crippen molar-refractivity contribution in [2.24, 2.45) is 16.8 Å². The first-order valence-corrected chi connectivity index (χ1v) is 10.8. The number of aliphatic imine (C=N–C) groups is 1. The number of benzene rings is 1. The summed E-state index contributed by atoms with van der Waals surface area (Å²) < 4.78 is 5.47. The maximum absolute atomic E-state index is 5.47. The molecule has 1 aromatic heterocycles. The number of hydrogen-bond acceptors (Lipinski definition) is 3. The summed E-state index contributed by atoms with van der Waals surface area (Å²) >= 11 is 0. The molecule has 150 valence electrons. The topological polar surface area (TPSA) is 62.5 Å². The van der Waals surface area contributed by atoms with Gasteiger partial charge in [0, 0.05) is 25.1 Å². The molecule has 0 radical (unpaired) electrons. The van der Waals surface area contributed by atoms with E-state index in [-0.39, 0.29) is 0 Å². The van der Waals surface area contributed by atoms with Crippen molar-refractivity contribution >= 4 is 5.96 Å². The fraction of sp³-hybridized carbons (Fsp3) is 0.565. The van der Waals surface area contributed by atoms with Crippen LogP contribution in [0, 0.1) is 11.8 Å². The molecule has 2 aromatic rings. The lowest BCUT2D eigenvalue weighted by molar-refractivity contribution is 0.380. The summed E-state index contributed by atoms with van der Waals surface area (Å²) in [6, 6.07) is 8.99. The van der Waals surface area contributed by atoms with Crippen LogP contribution in [-0.4, -0.2) is 24.2 Å². The number of guanidine groups is 1. The van der Waals surface area contributed by atoms with E-state index in [2.05, 4.69) is 60.8 Å². The lowest BCUT2D eigenvalue weighted by Gasteiger charge is -2.13. The lowest BCUT2D eigenvalue weighted by atomic mass is 9.92. The molecule has 1 fully saturated rings. The largest absolute Gasteiger partial charge is 0.361 e. The molecule has 4 rings (SSSR count). The molecule has 1 saturated carbocycles. The Bertz CT molecular complexity index is 819. The third kappa shape index (κ3) is 3.67. The van der Waals surface area contributed by atoms with Crippen LogP contribution in [0.3, 0.4) is 0 Å². The van der Waals surface area contributed by atoms with Crippen molar-refractivity contribution in [3.63, 3.8) is 0 Å². The molecule has 1 heterocycles. The zero-order chi connectivity index (χ0) is 19.5. The first kappa shape index (κ1) is 19.0. The van der Waals surface area contributed by atoms with E-state index in [1.807, 2.05) is 0 Å². The molecule has 2 aliphatic carbocycles. The molecule has 0 amide bonds. The van der Waals surface area contributed by atoms with Gasteiger partial charge >= 0.3 is 0 Å². The van der Waals surface area contributed by atoms with Gasteiger partial charge in [0.15, 0.2) is 5.96 Å². The Hall–Kier alpha value is -2.30. The van der Waals surface area contributed by atoms with Crippen LogP contribution in [-0.2, 0) is 25.8 Å². The van der Waals surface area contributed by atoms with Crippen molar-refractivity contribution in [3.05, 3.63) is 52.4 Å². The predicted octanol–water partition coefficient (Wildman–Crippen LogP) is 3.83. The number of rotatable bonds is 7. The molecule has 1 aromatic carbocycles. The average molecular weight is 381 g/mol. The molecule has 0 aliphatic heterocycles. The van der Waals surface area contributed by atoms with E-state index in [1.54, 1.807) is 11.1 Å². The van der Waals surface area contributed by atoms with Crippen molar-refractivity contribution < 1.29 is 4.52 Å². The first-order valence-electron chi connectivity index (χ1n) is 10.8. The summed E-state index contributed by atoms with van der Waals surface area (Å²) in [7, 11) is 0. The molecule has 3 unspecified atom stereocenters. The van der Waals surface area contributed by atoms with Crippen LogP contribution in [0.15, 0.2) is 33.8 Å². The molecule has 3 atom stereocenters. The maximum atomic E-state index is 5.47. The molecular weight excluding hydrogens is 348 g/mol. The third-order valence-corrected chi connectivity index (χ3v) is 6.34. The van der Waals surface area contributed by atoms with Crippen LogP contribution in [0.1, 0.15) is 61.3 Å². The van der Waals surface area contributed by atoms with Gasteiger partial charge < -0.3 is 15.2 Å². The summed E-state index contributed by atoms with van der Waals surface area (Å²) in [6.45, 7) is 8.78. The van der Waals surface area contributed by atoms with Gasteiger partial charge in [-0.1, -0.05) is 43.3 Å². The second-order valence-electron chi connectivity index (χ2n) is 7.91. The van der Waals surface area contributed by atoms with Crippen molar-refractivity contribution in [1.82, 2.24) is 15.8 Å². The molecule has 5 heteroatoms. The Kier molecular flexibility index (Phi) is 5.69. The van der Waals surface area contributed by atoms with Crippen molar-refractivity contribution in [2.75, 3.05) is 13.1 Å². The summed E-state index contributed by atoms with van der Waals surface area (Å²) in [4.78, 5) is 4.83. The van der Waals surface area contributed by atoms with Gasteiger partial charge in [0.25, 0.3) is 0 Å². The van der Waals surface area contributed by atoms with Crippen LogP contribution in [0.2, 0.25) is 0 Å². The number of aryl methyl sites for hydroxylation is 3. The standard InChI is InChI=1S/C23H32N4O/c1-4-20-19(21(5-2)28-27-20)14-26-23(24-6-3)25-13-18-17-12-11-15-9-7-8-10-16(15)22(17)18/h7-10,17-18,22H,4-6,11-14H2,1-3H3,(H2,24,25,26). The van der Waals surface area contributed by atoms with Crippen LogP contribution >= 0.6 is 0 Å². The fourth-order valence-corrected chi connectivity index (χ4v) is 4.82. The Morgan fingerprint density at radius 2 is 2.04 bits per heavy atom. The molecular formula is C23H32N4O. The number of fused-ring (bicyclic) bond motifs is 3.